The third kappa shape index (κ3) is 3.50. The standard InChI is InChI=1S/C20H20N6O/c1-15(16-6-8-18(9-7-16)26-14-21-13-22-26)24(2)12-17-11-20(27)25-10-4-3-5-19(25)23-17/h3-11,13-15H,12H2,1-2H3/t15-/m0/s1. The van der Waals surface area contributed by atoms with Gasteiger partial charge in [0, 0.05) is 24.8 Å². The van der Waals surface area contributed by atoms with Crippen molar-refractivity contribution in [2.45, 2.75) is 19.5 Å². The Morgan fingerprint density at radius 2 is 1.96 bits per heavy atom. The van der Waals surface area contributed by atoms with E-state index in [9.17, 15) is 4.79 Å². The van der Waals surface area contributed by atoms with Crippen LogP contribution in [-0.4, -0.2) is 36.1 Å². The van der Waals surface area contributed by atoms with Gasteiger partial charge in [-0.05, 0) is 43.8 Å². The van der Waals surface area contributed by atoms with E-state index in [4.69, 9.17) is 0 Å². The maximum atomic E-state index is 12.3. The van der Waals surface area contributed by atoms with Gasteiger partial charge in [0.05, 0.1) is 11.4 Å². The predicted octanol–water partition coefficient (Wildman–Crippen LogP) is 2.47. The minimum Gasteiger partial charge on any atom is -0.294 e. The first-order valence-corrected chi connectivity index (χ1v) is 8.74. The van der Waals surface area contributed by atoms with Gasteiger partial charge in [-0.1, -0.05) is 18.2 Å². The van der Waals surface area contributed by atoms with E-state index in [1.54, 1.807) is 27.7 Å². The minimum atomic E-state index is -0.0613. The molecule has 3 heterocycles. The summed E-state index contributed by atoms with van der Waals surface area (Å²) in [6.45, 7) is 2.73. The Bertz CT molecular complexity index is 1100. The van der Waals surface area contributed by atoms with Gasteiger partial charge < -0.3 is 0 Å². The van der Waals surface area contributed by atoms with Gasteiger partial charge in [-0.2, -0.15) is 5.10 Å². The molecule has 4 aromatic rings. The molecule has 0 bridgehead atoms. The lowest BCUT2D eigenvalue weighted by Gasteiger charge is -2.25. The van der Waals surface area contributed by atoms with Crippen molar-refractivity contribution >= 4 is 5.65 Å². The zero-order chi connectivity index (χ0) is 18.8. The van der Waals surface area contributed by atoms with Crippen LogP contribution in [0.1, 0.15) is 24.2 Å². The maximum absolute atomic E-state index is 12.3. The molecule has 27 heavy (non-hydrogen) atoms. The molecule has 7 heteroatoms. The second-order valence-electron chi connectivity index (χ2n) is 6.54. The first-order valence-electron chi connectivity index (χ1n) is 8.74. The van der Waals surface area contributed by atoms with Crippen LogP contribution >= 0.6 is 0 Å². The molecule has 0 saturated carbocycles. The van der Waals surface area contributed by atoms with Crippen LogP contribution < -0.4 is 5.56 Å². The number of benzene rings is 1. The molecule has 0 N–H and O–H groups in total. The SMILES string of the molecule is C[C@@H](c1ccc(-n2cncn2)cc1)N(C)Cc1cc(=O)n2ccccc2n1. The summed E-state index contributed by atoms with van der Waals surface area (Å²) in [4.78, 5) is 23.0. The summed E-state index contributed by atoms with van der Waals surface area (Å²) in [7, 11) is 2.03. The van der Waals surface area contributed by atoms with Crippen LogP contribution in [0.15, 0.2) is 72.2 Å². The number of pyridine rings is 1. The Labute approximate surface area is 156 Å². The Morgan fingerprint density at radius 3 is 2.70 bits per heavy atom. The molecule has 0 aliphatic heterocycles. The Hall–Kier alpha value is -3.32. The van der Waals surface area contributed by atoms with Gasteiger partial charge in [-0.15, -0.1) is 0 Å². The van der Waals surface area contributed by atoms with Crippen molar-refractivity contribution in [2.24, 2.45) is 0 Å². The van der Waals surface area contributed by atoms with Crippen molar-refractivity contribution in [3.63, 3.8) is 0 Å². The highest BCUT2D eigenvalue weighted by Gasteiger charge is 2.14. The fraction of sp³-hybridized carbons (Fsp3) is 0.200. The molecule has 0 spiro atoms. The number of hydrogen-bond donors (Lipinski definition) is 0. The first kappa shape index (κ1) is 17.1. The summed E-state index contributed by atoms with van der Waals surface area (Å²) in [5.41, 5.74) is 3.51. The normalized spacial score (nSPS) is 12.6. The topological polar surface area (TPSA) is 68.3 Å². The van der Waals surface area contributed by atoms with Crippen LogP contribution in [0.5, 0.6) is 0 Å². The molecule has 0 radical (unpaired) electrons. The van der Waals surface area contributed by atoms with E-state index in [2.05, 4.69) is 39.0 Å². The molecule has 3 aromatic heterocycles. The molecule has 1 aromatic carbocycles. The average Bonchev–Trinajstić information content (AvgIpc) is 3.22. The average molecular weight is 360 g/mol. The van der Waals surface area contributed by atoms with Crippen molar-refractivity contribution in [2.75, 3.05) is 7.05 Å². The number of nitrogens with zero attached hydrogens (tertiary/aromatic N) is 6. The molecule has 7 nitrogen and oxygen atoms in total. The van der Waals surface area contributed by atoms with Gasteiger partial charge in [0.25, 0.3) is 5.56 Å². The smallest absolute Gasteiger partial charge is 0.258 e. The maximum Gasteiger partial charge on any atom is 0.258 e. The van der Waals surface area contributed by atoms with Crippen molar-refractivity contribution in [3.8, 4) is 5.69 Å². The lowest BCUT2D eigenvalue weighted by Crippen LogP contribution is -2.24. The third-order valence-electron chi connectivity index (χ3n) is 4.76. The molecule has 0 unspecified atom stereocenters. The molecule has 4 rings (SSSR count). The number of hydrogen-bond acceptors (Lipinski definition) is 5. The van der Waals surface area contributed by atoms with Gasteiger partial charge in [0.2, 0.25) is 0 Å². The number of fused-ring (bicyclic) bond motifs is 1. The zero-order valence-electron chi connectivity index (χ0n) is 15.2. The monoisotopic (exact) mass is 360 g/mol. The second kappa shape index (κ2) is 7.13. The van der Waals surface area contributed by atoms with Gasteiger partial charge in [0.1, 0.15) is 18.3 Å². The summed E-state index contributed by atoms with van der Waals surface area (Å²) in [6.07, 6.45) is 4.93. The van der Waals surface area contributed by atoms with E-state index in [0.717, 1.165) is 11.4 Å². The molecule has 0 saturated heterocycles. The molecule has 136 valence electrons. The molecule has 0 aliphatic carbocycles. The molecule has 0 fully saturated rings. The predicted molar refractivity (Wildman–Crippen MR) is 103 cm³/mol. The Morgan fingerprint density at radius 1 is 1.15 bits per heavy atom. The van der Waals surface area contributed by atoms with Crippen LogP contribution in [0.4, 0.5) is 0 Å². The Kier molecular flexibility index (Phi) is 4.52. The Balaban J connectivity index is 1.52. The van der Waals surface area contributed by atoms with Crippen molar-refractivity contribution in [1.29, 1.82) is 0 Å². The van der Waals surface area contributed by atoms with Crippen LogP contribution in [0.2, 0.25) is 0 Å². The lowest BCUT2D eigenvalue weighted by atomic mass is 10.1. The van der Waals surface area contributed by atoms with Crippen LogP contribution in [0.25, 0.3) is 11.3 Å². The van der Waals surface area contributed by atoms with Gasteiger partial charge >= 0.3 is 0 Å². The zero-order valence-corrected chi connectivity index (χ0v) is 15.2. The summed E-state index contributed by atoms with van der Waals surface area (Å²) in [5.74, 6) is 0. The van der Waals surface area contributed by atoms with Gasteiger partial charge in [0.15, 0.2) is 0 Å². The van der Waals surface area contributed by atoms with E-state index in [1.165, 1.54) is 11.9 Å². The quantitative estimate of drug-likeness (QED) is 0.547. The fourth-order valence-electron chi connectivity index (χ4n) is 3.08. The summed E-state index contributed by atoms with van der Waals surface area (Å²) in [6, 6.07) is 15.5. The molecule has 0 aliphatic rings. The number of rotatable bonds is 5. The summed E-state index contributed by atoms with van der Waals surface area (Å²) in [5, 5.41) is 4.14. The molecular formula is C20H20N6O. The summed E-state index contributed by atoms with van der Waals surface area (Å²) < 4.78 is 3.28. The van der Waals surface area contributed by atoms with Gasteiger partial charge in [-0.25, -0.2) is 14.6 Å². The molecule has 0 amide bonds. The first-order chi connectivity index (χ1) is 13.1. The van der Waals surface area contributed by atoms with Crippen LogP contribution in [0, 0.1) is 0 Å². The van der Waals surface area contributed by atoms with Crippen LogP contribution in [0.3, 0.4) is 0 Å². The summed E-state index contributed by atoms with van der Waals surface area (Å²) >= 11 is 0. The van der Waals surface area contributed by atoms with Crippen molar-refractivity contribution in [3.05, 3.63) is 89.0 Å². The van der Waals surface area contributed by atoms with Crippen molar-refractivity contribution in [1.82, 2.24) is 29.0 Å². The molecular weight excluding hydrogens is 340 g/mol. The van der Waals surface area contributed by atoms with E-state index in [1.807, 2.05) is 37.4 Å². The van der Waals surface area contributed by atoms with E-state index < -0.39 is 0 Å². The third-order valence-corrected chi connectivity index (χ3v) is 4.76. The van der Waals surface area contributed by atoms with E-state index in [0.29, 0.717) is 12.2 Å². The van der Waals surface area contributed by atoms with E-state index in [-0.39, 0.29) is 11.6 Å². The lowest BCUT2D eigenvalue weighted by molar-refractivity contribution is 0.250. The highest BCUT2D eigenvalue weighted by Crippen LogP contribution is 2.21. The highest BCUT2D eigenvalue weighted by molar-refractivity contribution is 5.38. The van der Waals surface area contributed by atoms with Crippen molar-refractivity contribution < 1.29 is 0 Å². The minimum absolute atomic E-state index is 0.0613. The van der Waals surface area contributed by atoms with Gasteiger partial charge in [-0.3, -0.25) is 14.1 Å². The molecule has 1 atom stereocenters. The van der Waals surface area contributed by atoms with E-state index >= 15 is 0 Å². The highest BCUT2D eigenvalue weighted by atomic mass is 16.1. The fourth-order valence-corrected chi connectivity index (χ4v) is 3.08. The second-order valence-corrected chi connectivity index (χ2v) is 6.54. The number of aromatic nitrogens is 5. The largest absolute Gasteiger partial charge is 0.294 e. The van der Waals surface area contributed by atoms with Crippen LogP contribution in [-0.2, 0) is 6.54 Å².